The van der Waals surface area contributed by atoms with Crippen molar-refractivity contribution in [2.45, 2.75) is 20.0 Å². The lowest BCUT2D eigenvalue weighted by atomic mass is 10.2. The zero-order valence-electron chi connectivity index (χ0n) is 13.5. The average molecular weight is 333 g/mol. The third-order valence-electron chi connectivity index (χ3n) is 3.00. The molecule has 2 N–H and O–H groups in total. The summed E-state index contributed by atoms with van der Waals surface area (Å²) in [7, 11) is 1.60. The number of carbonyl (C=O) groups excluding carboxylic acids is 2. The van der Waals surface area contributed by atoms with Crippen molar-refractivity contribution in [1.29, 1.82) is 0 Å². The molecule has 0 saturated heterocycles. The molecule has 2 amide bonds. The van der Waals surface area contributed by atoms with E-state index in [1.807, 2.05) is 24.3 Å². The molecule has 1 heterocycles. The van der Waals surface area contributed by atoms with E-state index in [0.717, 1.165) is 11.3 Å². The smallest absolute Gasteiger partial charge is 0.412 e. The number of nitrogens with zero attached hydrogens (tertiary/aromatic N) is 3. The molecular weight excluding hydrogens is 314 g/mol. The Hall–Kier alpha value is -3.10. The summed E-state index contributed by atoms with van der Waals surface area (Å²) in [5.74, 6) is 0.754. The molecule has 0 aliphatic rings. The maximum atomic E-state index is 11.9. The van der Waals surface area contributed by atoms with Gasteiger partial charge in [-0.25, -0.2) is 9.48 Å². The van der Waals surface area contributed by atoms with Crippen LogP contribution in [0.1, 0.15) is 12.5 Å². The van der Waals surface area contributed by atoms with Gasteiger partial charge in [-0.15, -0.1) is 5.10 Å². The average Bonchev–Trinajstić information content (AvgIpc) is 3.00. The molecule has 0 atom stereocenters. The standard InChI is InChI=1S/C15H19N5O4/c1-3-24-15(22)17-13-9-20(19-18-13)10-14(21)16-8-11-4-6-12(23-2)7-5-11/h4-7,9H,3,8,10H2,1-2H3,(H,16,21)(H,17,22). The van der Waals surface area contributed by atoms with Gasteiger partial charge in [-0.1, -0.05) is 17.3 Å². The fourth-order valence-electron chi connectivity index (χ4n) is 1.85. The molecule has 1 aromatic heterocycles. The minimum atomic E-state index is -0.617. The van der Waals surface area contributed by atoms with Crippen LogP contribution in [0.25, 0.3) is 0 Å². The summed E-state index contributed by atoms with van der Waals surface area (Å²) in [4.78, 5) is 23.2. The Morgan fingerprint density at radius 1 is 1.25 bits per heavy atom. The van der Waals surface area contributed by atoms with E-state index < -0.39 is 6.09 Å². The molecule has 9 nitrogen and oxygen atoms in total. The molecule has 128 valence electrons. The number of aromatic nitrogens is 3. The van der Waals surface area contributed by atoms with Crippen molar-refractivity contribution in [3.05, 3.63) is 36.0 Å². The first kappa shape index (κ1) is 17.3. The number of hydrogen-bond donors (Lipinski definition) is 2. The molecule has 0 fully saturated rings. The quantitative estimate of drug-likeness (QED) is 0.787. The van der Waals surface area contributed by atoms with Crippen molar-refractivity contribution < 1.29 is 19.1 Å². The van der Waals surface area contributed by atoms with Gasteiger partial charge in [0.25, 0.3) is 0 Å². The molecule has 0 saturated carbocycles. The van der Waals surface area contributed by atoms with Gasteiger partial charge in [0, 0.05) is 6.54 Å². The highest BCUT2D eigenvalue weighted by atomic mass is 16.5. The normalized spacial score (nSPS) is 10.1. The number of anilines is 1. The highest BCUT2D eigenvalue weighted by Gasteiger charge is 2.09. The SMILES string of the molecule is CCOC(=O)Nc1cn(CC(=O)NCc2ccc(OC)cc2)nn1. The topological polar surface area (TPSA) is 107 Å². The first-order valence-corrected chi connectivity index (χ1v) is 7.34. The molecule has 1 aromatic carbocycles. The minimum absolute atomic E-state index is 0.00629. The molecule has 2 rings (SSSR count). The van der Waals surface area contributed by atoms with E-state index in [0.29, 0.717) is 6.54 Å². The van der Waals surface area contributed by atoms with Gasteiger partial charge in [-0.3, -0.25) is 10.1 Å². The molecule has 2 aromatic rings. The molecule has 0 aliphatic heterocycles. The van der Waals surface area contributed by atoms with Gasteiger partial charge in [0.2, 0.25) is 5.91 Å². The fraction of sp³-hybridized carbons (Fsp3) is 0.333. The van der Waals surface area contributed by atoms with Crippen LogP contribution in [0.5, 0.6) is 5.75 Å². The van der Waals surface area contributed by atoms with Crippen LogP contribution in [0.4, 0.5) is 10.6 Å². The van der Waals surface area contributed by atoms with Gasteiger partial charge in [-0.2, -0.15) is 0 Å². The van der Waals surface area contributed by atoms with Crippen LogP contribution in [0, 0.1) is 0 Å². The maximum Gasteiger partial charge on any atom is 0.412 e. The van der Waals surface area contributed by atoms with Gasteiger partial charge >= 0.3 is 6.09 Å². The van der Waals surface area contributed by atoms with Gasteiger partial charge in [0.15, 0.2) is 5.82 Å². The zero-order valence-corrected chi connectivity index (χ0v) is 13.5. The second-order valence-corrected chi connectivity index (χ2v) is 4.77. The monoisotopic (exact) mass is 333 g/mol. The number of ether oxygens (including phenoxy) is 2. The lowest BCUT2D eigenvalue weighted by Gasteiger charge is -2.06. The lowest BCUT2D eigenvalue weighted by molar-refractivity contribution is -0.122. The zero-order chi connectivity index (χ0) is 17.4. The Kier molecular flexibility index (Phi) is 6.12. The summed E-state index contributed by atoms with van der Waals surface area (Å²) in [6.45, 7) is 2.34. The Balaban J connectivity index is 1.79. The third kappa shape index (κ3) is 5.27. The van der Waals surface area contributed by atoms with Crippen LogP contribution >= 0.6 is 0 Å². The summed E-state index contributed by atoms with van der Waals surface area (Å²) >= 11 is 0. The highest BCUT2D eigenvalue weighted by molar-refractivity contribution is 5.83. The van der Waals surface area contributed by atoms with Crippen molar-refractivity contribution in [2.24, 2.45) is 0 Å². The minimum Gasteiger partial charge on any atom is -0.497 e. The third-order valence-corrected chi connectivity index (χ3v) is 3.00. The van der Waals surface area contributed by atoms with Crippen molar-refractivity contribution in [2.75, 3.05) is 19.0 Å². The van der Waals surface area contributed by atoms with E-state index in [1.165, 1.54) is 10.9 Å². The van der Waals surface area contributed by atoms with Crippen molar-refractivity contribution in [3.8, 4) is 5.75 Å². The molecule has 9 heteroatoms. The molecule has 0 spiro atoms. The largest absolute Gasteiger partial charge is 0.497 e. The number of rotatable bonds is 7. The number of hydrogen-bond acceptors (Lipinski definition) is 6. The second-order valence-electron chi connectivity index (χ2n) is 4.77. The Bertz CT molecular complexity index is 683. The number of amides is 2. The van der Waals surface area contributed by atoms with Crippen molar-refractivity contribution in [3.63, 3.8) is 0 Å². The fourth-order valence-corrected chi connectivity index (χ4v) is 1.85. The van der Waals surface area contributed by atoms with Crippen LogP contribution in [0.3, 0.4) is 0 Å². The van der Waals surface area contributed by atoms with E-state index >= 15 is 0 Å². The van der Waals surface area contributed by atoms with Gasteiger partial charge in [0.1, 0.15) is 12.3 Å². The molecular formula is C15H19N5O4. The van der Waals surface area contributed by atoms with Crippen LogP contribution in [-0.2, 0) is 22.6 Å². The number of carbonyl (C=O) groups is 2. The van der Waals surface area contributed by atoms with Crippen molar-refractivity contribution in [1.82, 2.24) is 20.3 Å². The van der Waals surface area contributed by atoms with Crippen LogP contribution in [0.15, 0.2) is 30.5 Å². The Morgan fingerprint density at radius 2 is 2.00 bits per heavy atom. The molecule has 0 aliphatic carbocycles. The molecule has 24 heavy (non-hydrogen) atoms. The lowest BCUT2D eigenvalue weighted by Crippen LogP contribution is -2.27. The number of nitrogens with one attached hydrogen (secondary N) is 2. The van der Waals surface area contributed by atoms with Gasteiger partial charge < -0.3 is 14.8 Å². The van der Waals surface area contributed by atoms with Gasteiger partial charge in [-0.05, 0) is 24.6 Å². The summed E-state index contributed by atoms with van der Waals surface area (Å²) < 4.78 is 11.1. The van der Waals surface area contributed by atoms with Crippen LogP contribution in [-0.4, -0.2) is 40.7 Å². The summed E-state index contributed by atoms with van der Waals surface area (Å²) in [5, 5.41) is 12.7. The second kappa shape index (κ2) is 8.51. The van der Waals surface area contributed by atoms with E-state index in [4.69, 9.17) is 9.47 Å². The number of methoxy groups -OCH3 is 1. The predicted molar refractivity (Wildman–Crippen MR) is 85.5 cm³/mol. The number of benzene rings is 1. The van der Waals surface area contributed by atoms with Crippen LogP contribution < -0.4 is 15.4 Å². The first-order valence-electron chi connectivity index (χ1n) is 7.34. The molecule has 0 unspecified atom stereocenters. The highest BCUT2D eigenvalue weighted by Crippen LogP contribution is 2.10. The van der Waals surface area contributed by atoms with E-state index in [1.54, 1.807) is 14.0 Å². The molecule has 0 radical (unpaired) electrons. The van der Waals surface area contributed by atoms with E-state index in [2.05, 4.69) is 20.9 Å². The molecule has 0 bridgehead atoms. The Labute approximate surface area is 138 Å². The van der Waals surface area contributed by atoms with Crippen molar-refractivity contribution >= 4 is 17.8 Å². The predicted octanol–water partition coefficient (Wildman–Crippen LogP) is 1.17. The summed E-state index contributed by atoms with van der Waals surface area (Å²) in [6.07, 6.45) is 0.831. The summed E-state index contributed by atoms with van der Waals surface area (Å²) in [6, 6.07) is 7.39. The maximum absolute atomic E-state index is 11.9. The van der Waals surface area contributed by atoms with Gasteiger partial charge in [0.05, 0.1) is 19.9 Å². The summed E-state index contributed by atoms with van der Waals surface area (Å²) in [5.41, 5.74) is 0.951. The Morgan fingerprint density at radius 3 is 2.67 bits per heavy atom. The van der Waals surface area contributed by atoms with E-state index in [9.17, 15) is 9.59 Å². The van der Waals surface area contributed by atoms with Crippen LogP contribution in [0.2, 0.25) is 0 Å². The van der Waals surface area contributed by atoms with E-state index in [-0.39, 0.29) is 24.9 Å². The first-order chi connectivity index (χ1) is 11.6.